The maximum atomic E-state index is 12.7. The lowest BCUT2D eigenvalue weighted by Gasteiger charge is -2.30. The molecule has 1 amide bonds. The first-order valence-corrected chi connectivity index (χ1v) is 7.83. The van der Waals surface area contributed by atoms with Crippen molar-refractivity contribution >= 4 is 33.4 Å². The van der Waals surface area contributed by atoms with Crippen LogP contribution in [-0.4, -0.2) is 42.1 Å². The summed E-state index contributed by atoms with van der Waals surface area (Å²) in [6, 6.07) is 1.88. The summed E-state index contributed by atoms with van der Waals surface area (Å²) in [6.07, 6.45) is 3.37. The van der Waals surface area contributed by atoms with Crippen LogP contribution in [0.1, 0.15) is 37.0 Å². The Morgan fingerprint density at radius 1 is 1.50 bits per heavy atom. The summed E-state index contributed by atoms with van der Waals surface area (Å²) in [5.41, 5.74) is 0.420. The van der Waals surface area contributed by atoms with Crippen LogP contribution in [0.15, 0.2) is 16.7 Å². The van der Waals surface area contributed by atoms with E-state index >= 15 is 0 Å². The number of carbonyl (C=O) groups excluding carboxylic acids is 1. The topological polar surface area (TPSA) is 42.4 Å². The fraction of sp³-hybridized carbons (Fsp3) is 0.571. The lowest BCUT2D eigenvalue weighted by molar-refractivity contribution is 0.0589. The first-order chi connectivity index (χ1) is 9.54. The van der Waals surface area contributed by atoms with E-state index in [4.69, 9.17) is 16.3 Å². The maximum absolute atomic E-state index is 12.7. The van der Waals surface area contributed by atoms with Gasteiger partial charge in [-0.25, -0.2) is 4.98 Å². The first-order valence-electron chi connectivity index (χ1n) is 6.66. The molecule has 0 aliphatic rings. The minimum absolute atomic E-state index is 0.102. The summed E-state index contributed by atoms with van der Waals surface area (Å²) in [5.74, 6) is -0.102. The van der Waals surface area contributed by atoms with E-state index in [2.05, 4.69) is 34.8 Å². The number of amides is 1. The predicted molar refractivity (Wildman–Crippen MR) is 84.2 cm³/mol. The van der Waals surface area contributed by atoms with Crippen molar-refractivity contribution in [3.63, 3.8) is 0 Å². The molecule has 1 heterocycles. The van der Waals surface area contributed by atoms with Gasteiger partial charge in [0.05, 0.1) is 12.2 Å². The number of halogens is 2. The quantitative estimate of drug-likeness (QED) is 0.692. The fourth-order valence-corrected chi connectivity index (χ4v) is 2.61. The lowest BCUT2D eigenvalue weighted by Crippen LogP contribution is -2.42. The van der Waals surface area contributed by atoms with Crippen molar-refractivity contribution in [2.24, 2.45) is 0 Å². The standard InChI is InChI=1S/C14H20BrClN2O2/c1-4-11(5-2)18(6-7-20-3)14(19)12-8-10(15)9-17-13(12)16/h8-9,11H,4-7H2,1-3H3. The van der Waals surface area contributed by atoms with Gasteiger partial charge in [-0.2, -0.15) is 0 Å². The van der Waals surface area contributed by atoms with Crippen molar-refractivity contribution in [3.05, 3.63) is 27.5 Å². The lowest BCUT2D eigenvalue weighted by atomic mass is 10.1. The molecule has 1 rings (SSSR count). The largest absolute Gasteiger partial charge is 0.383 e. The molecule has 0 aromatic carbocycles. The molecule has 0 bridgehead atoms. The second-order valence-corrected chi connectivity index (χ2v) is 5.73. The second-order valence-electron chi connectivity index (χ2n) is 4.45. The van der Waals surface area contributed by atoms with Crippen LogP contribution in [-0.2, 0) is 4.74 Å². The number of rotatable bonds is 7. The molecule has 20 heavy (non-hydrogen) atoms. The summed E-state index contributed by atoms with van der Waals surface area (Å²) >= 11 is 9.37. The van der Waals surface area contributed by atoms with Crippen molar-refractivity contribution in [2.45, 2.75) is 32.7 Å². The Bertz CT molecular complexity index is 453. The van der Waals surface area contributed by atoms with E-state index in [1.165, 1.54) is 0 Å². The number of hydrogen-bond acceptors (Lipinski definition) is 3. The zero-order valence-corrected chi connectivity index (χ0v) is 14.4. The molecule has 0 spiro atoms. The number of methoxy groups -OCH3 is 1. The normalized spacial score (nSPS) is 10.9. The van der Waals surface area contributed by atoms with Crippen LogP contribution >= 0.6 is 27.5 Å². The van der Waals surface area contributed by atoms with E-state index in [9.17, 15) is 4.79 Å². The molecular weight excluding hydrogens is 344 g/mol. The van der Waals surface area contributed by atoms with Crippen LogP contribution in [0.25, 0.3) is 0 Å². The fourth-order valence-electron chi connectivity index (χ4n) is 2.10. The van der Waals surface area contributed by atoms with Gasteiger partial charge in [0.15, 0.2) is 0 Å². The molecule has 0 radical (unpaired) electrons. The summed E-state index contributed by atoms with van der Waals surface area (Å²) in [5, 5.41) is 0.228. The molecule has 0 atom stereocenters. The van der Waals surface area contributed by atoms with Gasteiger partial charge in [-0.1, -0.05) is 25.4 Å². The van der Waals surface area contributed by atoms with Crippen molar-refractivity contribution in [1.82, 2.24) is 9.88 Å². The van der Waals surface area contributed by atoms with Crippen LogP contribution in [0.4, 0.5) is 0 Å². The van der Waals surface area contributed by atoms with Crippen LogP contribution in [0.3, 0.4) is 0 Å². The van der Waals surface area contributed by atoms with Gasteiger partial charge in [0.1, 0.15) is 5.15 Å². The Morgan fingerprint density at radius 3 is 2.70 bits per heavy atom. The Balaban J connectivity index is 3.05. The molecule has 0 unspecified atom stereocenters. The van der Waals surface area contributed by atoms with Crippen molar-refractivity contribution < 1.29 is 9.53 Å². The molecule has 112 valence electrons. The van der Waals surface area contributed by atoms with Gasteiger partial charge in [0, 0.05) is 30.4 Å². The highest BCUT2D eigenvalue weighted by molar-refractivity contribution is 9.10. The molecule has 0 N–H and O–H groups in total. The molecule has 0 saturated heterocycles. The van der Waals surface area contributed by atoms with Gasteiger partial charge >= 0.3 is 0 Å². The molecule has 0 fully saturated rings. The number of hydrogen-bond donors (Lipinski definition) is 0. The van der Waals surface area contributed by atoms with E-state index in [-0.39, 0.29) is 17.1 Å². The smallest absolute Gasteiger partial charge is 0.257 e. The van der Waals surface area contributed by atoms with Gasteiger partial charge in [-0.3, -0.25) is 4.79 Å². The summed E-state index contributed by atoms with van der Waals surface area (Å²) < 4.78 is 5.84. The van der Waals surface area contributed by atoms with E-state index in [0.717, 1.165) is 17.3 Å². The van der Waals surface area contributed by atoms with Crippen LogP contribution in [0.2, 0.25) is 5.15 Å². The molecule has 1 aromatic heterocycles. The predicted octanol–water partition coefficient (Wildman–Crippen LogP) is 3.77. The average Bonchev–Trinajstić information content (AvgIpc) is 2.45. The average molecular weight is 364 g/mol. The highest BCUT2D eigenvalue weighted by Crippen LogP contribution is 2.22. The zero-order valence-electron chi connectivity index (χ0n) is 12.0. The third-order valence-electron chi connectivity index (χ3n) is 3.22. The van der Waals surface area contributed by atoms with Crippen LogP contribution < -0.4 is 0 Å². The van der Waals surface area contributed by atoms with E-state index < -0.39 is 0 Å². The number of carbonyl (C=O) groups is 1. The zero-order chi connectivity index (χ0) is 15.1. The molecule has 0 aliphatic heterocycles. The minimum atomic E-state index is -0.102. The highest BCUT2D eigenvalue weighted by atomic mass is 79.9. The molecular formula is C14H20BrClN2O2. The Kier molecular flexibility index (Phi) is 7.48. The van der Waals surface area contributed by atoms with Crippen molar-refractivity contribution in [1.29, 1.82) is 0 Å². The summed E-state index contributed by atoms with van der Waals surface area (Å²) in [6.45, 7) is 5.19. The van der Waals surface area contributed by atoms with E-state index in [1.54, 1.807) is 19.4 Å². The van der Waals surface area contributed by atoms with Crippen molar-refractivity contribution in [3.8, 4) is 0 Å². The molecule has 4 nitrogen and oxygen atoms in total. The van der Waals surface area contributed by atoms with Gasteiger partial charge < -0.3 is 9.64 Å². The van der Waals surface area contributed by atoms with Gasteiger partial charge in [-0.15, -0.1) is 0 Å². The number of ether oxygens (including phenoxy) is 1. The molecule has 0 saturated carbocycles. The Hall–Kier alpha value is -0.650. The van der Waals surface area contributed by atoms with E-state index in [0.29, 0.717) is 18.7 Å². The number of nitrogens with zero attached hydrogens (tertiary/aromatic N) is 2. The minimum Gasteiger partial charge on any atom is -0.383 e. The maximum Gasteiger partial charge on any atom is 0.257 e. The summed E-state index contributed by atoms with van der Waals surface area (Å²) in [4.78, 5) is 18.5. The summed E-state index contributed by atoms with van der Waals surface area (Å²) in [7, 11) is 1.63. The molecule has 0 aliphatic carbocycles. The Labute approximate surface area is 133 Å². The molecule has 6 heteroatoms. The van der Waals surface area contributed by atoms with Gasteiger partial charge in [0.25, 0.3) is 5.91 Å². The van der Waals surface area contributed by atoms with Crippen LogP contribution in [0.5, 0.6) is 0 Å². The highest BCUT2D eigenvalue weighted by Gasteiger charge is 2.24. The van der Waals surface area contributed by atoms with E-state index in [1.807, 2.05) is 4.90 Å². The SMILES string of the molecule is CCC(CC)N(CCOC)C(=O)c1cc(Br)cnc1Cl. The molecule has 1 aromatic rings. The van der Waals surface area contributed by atoms with Crippen LogP contribution in [0, 0.1) is 0 Å². The number of aromatic nitrogens is 1. The third kappa shape index (κ3) is 4.43. The van der Waals surface area contributed by atoms with Gasteiger partial charge in [0.2, 0.25) is 0 Å². The Morgan fingerprint density at radius 2 is 2.15 bits per heavy atom. The third-order valence-corrected chi connectivity index (χ3v) is 3.95. The first kappa shape index (κ1) is 17.4. The van der Waals surface area contributed by atoms with Gasteiger partial charge in [-0.05, 0) is 34.8 Å². The number of pyridine rings is 1. The monoisotopic (exact) mass is 362 g/mol. The van der Waals surface area contributed by atoms with Crippen molar-refractivity contribution in [2.75, 3.05) is 20.3 Å². The second kappa shape index (κ2) is 8.60.